The highest BCUT2D eigenvalue weighted by molar-refractivity contribution is 7.89. The summed E-state index contributed by atoms with van der Waals surface area (Å²) in [6.45, 7) is 2.35. The van der Waals surface area contributed by atoms with Crippen LogP contribution in [0.2, 0.25) is 0 Å². The molecule has 1 aromatic carbocycles. The molecule has 1 unspecified atom stereocenters. The van der Waals surface area contributed by atoms with Crippen LogP contribution in [0.1, 0.15) is 18.4 Å². The summed E-state index contributed by atoms with van der Waals surface area (Å²) in [5, 5.41) is 0. The predicted octanol–water partition coefficient (Wildman–Crippen LogP) is 1.67. The Morgan fingerprint density at radius 3 is 2.68 bits per heavy atom. The zero-order valence-corrected chi connectivity index (χ0v) is 12.3. The van der Waals surface area contributed by atoms with Crippen molar-refractivity contribution in [3.05, 3.63) is 29.6 Å². The largest absolute Gasteiger partial charge is 0.327 e. The molecule has 1 aromatic rings. The number of nitrogens with zero attached hydrogens (tertiary/aromatic N) is 1. The van der Waals surface area contributed by atoms with Crippen molar-refractivity contribution >= 4 is 22.4 Å². The molecule has 0 spiro atoms. The second-order valence-electron chi connectivity index (χ2n) is 4.68. The zero-order chi connectivity index (χ0) is 13.3. The number of nitrogens with two attached hydrogens (primary N) is 1. The van der Waals surface area contributed by atoms with Gasteiger partial charge in [0.1, 0.15) is 5.82 Å². The highest BCUT2D eigenvalue weighted by Crippen LogP contribution is 2.21. The molecule has 19 heavy (non-hydrogen) atoms. The smallest absolute Gasteiger partial charge is 0.243 e. The van der Waals surface area contributed by atoms with E-state index in [1.54, 1.807) is 6.92 Å². The van der Waals surface area contributed by atoms with Crippen molar-refractivity contribution in [3.63, 3.8) is 0 Å². The lowest BCUT2D eigenvalue weighted by atomic mass is 10.1. The number of sulfonamides is 1. The average Bonchev–Trinajstić information content (AvgIpc) is 2.32. The maximum Gasteiger partial charge on any atom is 0.243 e. The number of hydrogen-bond donors (Lipinski definition) is 1. The minimum Gasteiger partial charge on any atom is -0.327 e. The van der Waals surface area contributed by atoms with Crippen LogP contribution in [0.25, 0.3) is 0 Å². The van der Waals surface area contributed by atoms with Gasteiger partial charge in [0.15, 0.2) is 0 Å². The molecule has 1 aliphatic rings. The Kier molecular flexibility index (Phi) is 5.32. The highest BCUT2D eigenvalue weighted by Gasteiger charge is 2.29. The van der Waals surface area contributed by atoms with Gasteiger partial charge in [0.05, 0.1) is 4.90 Å². The van der Waals surface area contributed by atoms with Gasteiger partial charge in [-0.05, 0) is 37.5 Å². The fourth-order valence-corrected chi connectivity index (χ4v) is 3.62. The molecular weight excluding hydrogens is 291 g/mol. The third-order valence-electron chi connectivity index (χ3n) is 3.20. The minimum atomic E-state index is -3.62. The first kappa shape index (κ1) is 16.4. The van der Waals surface area contributed by atoms with Gasteiger partial charge in [0.2, 0.25) is 10.0 Å². The Balaban J connectivity index is 0.00000180. The van der Waals surface area contributed by atoms with Gasteiger partial charge in [-0.25, -0.2) is 12.8 Å². The molecule has 1 saturated heterocycles. The van der Waals surface area contributed by atoms with Crippen LogP contribution in [-0.4, -0.2) is 31.9 Å². The van der Waals surface area contributed by atoms with Gasteiger partial charge in [-0.2, -0.15) is 4.31 Å². The molecule has 0 bridgehead atoms. The van der Waals surface area contributed by atoms with E-state index in [1.165, 1.54) is 16.4 Å². The van der Waals surface area contributed by atoms with Crippen LogP contribution in [-0.2, 0) is 10.0 Å². The Morgan fingerprint density at radius 1 is 1.42 bits per heavy atom. The SMILES string of the molecule is Cc1ccc(S(=O)(=O)N2CCCC(N)C2)cc1F.Cl. The summed E-state index contributed by atoms with van der Waals surface area (Å²) in [6, 6.07) is 3.86. The molecule has 0 aromatic heterocycles. The summed E-state index contributed by atoms with van der Waals surface area (Å²) in [5.74, 6) is -0.502. The van der Waals surface area contributed by atoms with Crippen LogP contribution in [0.15, 0.2) is 23.1 Å². The van der Waals surface area contributed by atoms with Crippen LogP contribution in [0.5, 0.6) is 0 Å². The standard InChI is InChI=1S/C12H17FN2O2S.ClH/c1-9-4-5-11(7-12(9)13)18(16,17)15-6-2-3-10(14)8-15;/h4-5,7,10H,2-3,6,8,14H2,1H3;1H. The molecule has 108 valence electrons. The first-order valence-electron chi connectivity index (χ1n) is 5.93. The Morgan fingerprint density at radius 2 is 2.11 bits per heavy atom. The predicted molar refractivity (Wildman–Crippen MR) is 74.4 cm³/mol. The van der Waals surface area contributed by atoms with Crippen molar-refractivity contribution in [1.82, 2.24) is 4.31 Å². The van der Waals surface area contributed by atoms with Crippen molar-refractivity contribution in [1.29, 1.82) is 0 Å². The fourth-order valence-electron chi connectivity index (χ4n) is 2.08. The number of rotatable bonds is 2. The second-order valence-corrected chi connectivity index (χ2v) is 6.61. The normalized spacial score (nSPS) is 20.9. The summed E-state index contributed by atoms with van der Waals surface area (Å²) in [5.41, 5.74) is 6.21. The second kappa shape index (κ2) is 6.17. The van der Waals surface area contributed by atoms with Crippen molar-refractivity contribution in [3.8, 4) is 0 Å². The number of aryl methyl sites for hydroxylation is 1. The van der Waals surface area contributed by atoms with Crippen molar-refractivity contribution in [2.24, 2.45) is 5.73 Å². The molecular formula is C12H18ClFN2O2S. The molecule has 0 saturated carbocycles. The molecule has 0 amide bonds. The molecule has 1 aliphatic heterocycles. The van der Waals surface area contributed by atoms with E-state index in [0.717, 1.165) is 18.9 Å². The van der Waals surface area contributed by atoms with Gasteiger partial charge in [-0.1, -0.05) is 6.07 Å². The van der Waals surface area contributed by atoms with Gasteiger partial charge in [0.25, 0.3) is 0 Å². The number of piperidine rings is 1. The number of halogens is 2. The van der Waals surface area contributed by atoms with E-state index >= 15 is 0 Å². The molecule has 1 heterocycles. The minimum absolute atomic E-state index is 0. The van der Waals surface area contributed by atoms with E-state index in [1.807, 2.05) is 0 Å². The Bertz CT molecular complexity index is 551. The summed E-state index contributed by atoms with van der Waals surface area (Å²) < 4.78 is 39.4. The molecule has 0 radical (unpaired) electrons. The molecule has 1 fully saturated rings. The lowest BCUT2D eigenvalue weighted by Crippen LogP contribution is -2.45. The van der Waals surface area contributed by atoms with Crippen LogP contribution >= 0.6 is 12.4 Å². The molecule has 2 N–H and O–H groups in total. The van der Waals surface area contributed by atoms with Gasteiger partial charge >= 0.3 is 0 Å². The van der Waals surface area contributed by atoms with E-state index in [-0.39, 0.29) is 23.3 Å². The van der Waals surface area contributed by atoms with Crippen molar-refractivity contribution in [2.45, 2.75) is 30.7 Å². The number of hydrogen-bond acceptors (Lipinski definition) is 3. The van der Waals surface area contributed by atoms with Crippen molar-refractivity contribution < 1.29 is 12.8 Å². The maximum absolute atomic E-state index is 13.4. The monoisotopic (exact) mass is 308 g/mol. The summed E-state index contributed by atoms with van der Waals surface area (Å²) in [4.78, 5) is -0.000278. The van der Waals surface area contributed by atoms with E-state index in [9.17, 15) is 12.8 Å². The first-order valence-corrected chi connectivity index (χ1v) is 7.37. The average molecular weight is 309 g/mol. The first-order chi connectivity index (χ1) is 8.41. The third-order valence-corrected chi connectivity index (χ3v) is 5.06. The van der Waals surface area contributed by atoms with Crippen LogP contribution in [0.3, 0.4) is 0 Å². The topological polar surface area (TPSA) is 63.4 Å². The lowest BCUT2D eigenvalue weighted by molar-refractivity contribution is 0.316. The Labute approximate surface area is 119 Å². The van der Waals surface area contributed by atoms with E-state index < -0.39 is 15.8 Å². The van der Waals surface area contributed by atoms with Gasteiger partial charge in [-0.15, -0.1) is 12.4 Å². The van der Waals surface area contributed by atoms with Gasteiger partial charge in [-0.3, -0.25) is 0 Å². The molecule has 4 nitrogen and oxygen atoms in total. The zero-order valence-electron chi connectivity index (χ0n) is 10.7. The molecule has 1 atom stereocenters. The van der Waals surface area contributed by atoms with E-state index in [4.69, 9.17) is 5.73 Å². The van der Waals surface area contributed by atoms with Gasteiger partial charge in [0, 0.05) is 19.1 Å². The van der Waals surface area contributed by atoms with Gasteiger partial charge < -0.3 is 5.73 Å². The lowest BCUT2D eigenvalue weighted by Gasteiger charge is -2.29. The van der Waals surface area contributed by atoms with E-state index in [0.29, 0.717) is 18.7 Å². The van der Waals surface area contributed by atoms with Crippen LogP contribution in [0, 0.1) is 12.7 Å². The van der Waals surface area contributed by atoms with Crippen molar-refractivity contribution in [2.75, 3.05) is 13.1 Å². The fraction of sp³-hybridized carbons (Fsp3) is 0.500. The van der Waals surface area contributed by atoms with E-state index in [2.05, 4.69) is 0 Å². The quantitative estimate of drug-likeness (QED) is 0.904. The summed E-state index contributed by atoms with van der Waals surface area (Å²) in [6.07, 6.45) is 1.57. The third kappa shape index (κ3) is 3.45. The summed E-state index contributed by atoms with van der Waals surface area (Å²) >= 11 is 0. The van der Waals surface area contributed by atoms with Crippen LogP contribution in [0.4, 0.5) is 4.39 Å². The summed E-state index contributed by atoms with van der Waals surface area (Å²) in [7, 11) is -3.62. The molecule has 2 rings (SSSR count). The maximum atomic E-state index is 13.4. The highest BCUT2D eigenvalue weighted by atomic mass is 35.5. The Hall–Kier alpha value is -0.690. The molecule has 7 heteroatoms. The number of benzene rings is 1. The van der Waals surface area contributed by atoms with Crippen LogP contribution < -0.4 is 5.73 Å². The molecule has 0 aliphatic carbocycles.